The van der Waals surface area contributed by atoms with Gasteiger partial charge in [-0.1, -0.05) is 17.9 Å². The number of hydrogen-bond acceptors (Lipinski definition) is 3. The Bertz CT molecular complexity index is 631. The summed E-state index contributed by atoms with van der Waals surface area (Å²) >= 11 is 1.63. The van der Waals surface area contributed by atoms with E-state index in [1.807, 2.05) is 24.3 Å². The fourth-order valence-corrected chi connectivity index (χ4v) is 2.40. The van der Waals surface area contributed by atoms with Crippen molar-refractivity contribution in [3.8, 4) is 17.6 Å². The van der Waals surface area contributed by atoms with Gasteiger partial charge in [0.2, 0.25) is 0 Å². The van der Waals surface area contributed by atoms with Crippen molar-refractivity contribution in [2.45, 2.75) is 4.90 Å². The Morgan fingerprint density at radius 3 is 2.71 bits per heavy atom. The summed E-state index contributed by atoms with van der Waals surface area (Å²) in [7, 11) is 0. The van der Waals surface area contributed by atoms with E-state index >= 15 is 0 Å². The number of rotatable bonds is 5. The summed E-state index contributed by atoms with van der Waals surface area (Å²) in [6.45, 7) is 0.926. The standard InChI is InChI=1S/C17H16FNOS/c18-15-6-8-17(9-7-15)21-12-11-20-16-5-1-3-14(13-16)4-2-10-19/h1,3,5-9,13H,10-12,19H2. The minimum atomic E-state index is -0.217. The zero-order valence-electron chi connectivity index (χ0n) is 11.5. The minimum Gasteiger partial charge on any atom is -0.493 e. The highest BCUT2D eigenvalue weighted by molar-refractivity contribution is 7.99. The van der Waals surface area contributed by atoms with E-state index in [1.165, 1.54) is 12.1 Å². The first kappa shape index (κ1) is 15.4. The molecule has 0 saturated heterocycles. The molecule has 0 amide bonds. The second-order valence-electron chi connectivity index (χ2n) is 4.18. The highest BCUT2D eigenvalue weighted by atomic mass is 32.2. The van der Waals surface area contributed by atoms with Gasteiger partial charge in [0.15, 0.2) is 0 Å². The van der Waals surface area contributed by atoms with E-state index < -0.39 is 0 Å². The number of thioether (sulfide) groups is 1. The van der Waals surface area contributed by atoms with Crippen LogP contribution in [0.5, 0.6) is 5.75 Å². The van der Waals surface area contributed by atoms with Gasteiger partial charge in [0.1, 0.15) is 11.6 Å². The summed E-state index contributed by atoms with van der Waals surface area (Å²) in [6.07, 6.45) is 0. The molecule has 0 atom stereocenters. The zero-order valence-corrected chi connectivity index (χ0v) is 12.3. The lowest BCUT2D eigenvalue weighted by atomic mass is 10.2. The summed E-state index contributed by atoms with van der Waals surface area (Å²) in [6, 6.07) is 14.1. The highest BCUT2D eigenvalue weighted by Gasteiger charge is 1.97. The molecule has 0 spiro atoms. The van der Waals surface area contributed by atoms with Crippen LogP contribution in [-0.2, 0) is 0 Å². The molecule has 0 unspecified atom stereocenters. The molecule has 4 heteroatoms. The lowest BCUT2D eigenvalue weighted by Crippen LogP contribution is -2.00. The van der Waals surface area contributed by atoms with Crippen LogP contribution >= 0.6 is 11.8 Å². The lowest BCUT2D eigenvalue weighted by molar-refractivity contribution is 0.344. The molecular formula is C17H16FNOS. The summed E-state index contributed by atoms with van der Waals surface area (Å²) in [4.78, 5) is 1.03. The predicted molar refractivity (Wildman–Crippen MR) is 85.0 cm³/mol. The van der Waals surface area contributed by atoms with Gasteiger partial charge in [-0.2, -0.15) is 0 Å². The molecule has 0 bridgehead atoms. The van der Waals surface area contributed by atoms with Crippen LogP contribution in [0.4, 0.5) is 4.39 Å². The molecule has 0 radical (unpaired) electrons. The highest BCUT2D eigenvalue weighted by Crippen LogP contribution is 2.19. The van der Waals surface area contributed by atoms with Crippen LogP contribution in [0.3, 0.4) is 0 Å². The number of halogens is 1. The number of benzene rings is 2. The van der Waals surface area contributed by atoms with Gasteiger partial charge < -0.3 is 10.5 Å². The monoisotopic (exact) mass is 301 g/mol. The smallest absolute Gasteiger partial charge is 0.123 e. The minimum absolute atomic E-state index is 0.217. The van der Waals surface area contributed by atoms with Crippen molar-refractivity contribution in [3.63, 3.8) is 0 Å². The van der Waals surface area contributed by atoms with Crippen LogP contribution in [-0.4, -0.2) is 18.9 Å². The maximum atomic E-state index is 12.8. The number of ether oxygens (including phenoxy) is 1. The van der Waals surface area contributed by atoms with Crippen LogP contribution < -0.4 is 10.5 Å². The van der Waals surface area contributed by atoms with Gasteiger partial charge in [-0.05, 0) is 42.5 Å². The van der Waals surface area contributed by atoms with Crippen molar-refractivity contribution in [1.29, 1.82) is 0 Å². The van der Waals surface area contributed by atoms with Gasteiger partial charge in [-0.25, -0.2) is 4.39 Å². The molecular weight excluding hydrogens is 285 g/mol. The topological polar surface area (TPSA) is 35.2 Å². The average Bonchev–Trinajstić information content (AvgIpc) is 2.52. The summed E-state index contributed by atoms with van der Waals surface area (Å²) in [5, 5.41) is 0. The second kappa shape index (κ2) is 8.35. The van der Waals surface area contributed by atoms with E-state index in [1.54, 1.807) is 23.9 Å². The van der Waals surface area contributed by atoms with E-state index in [0.29, 0.717) is 13.2 Å². The van der Waals surface area contributed by atoms with Crippen molar-refractivity contribution in [3.05, 3.63) is 59.9 Å². The normalized spacial score (nSPS) is 9.81. The SMILES string of the molecule is NCC#Cc1cccc(OCCSc2ccc(F)cc2)c1. The third kappa shape index (κ3) is 5.50. The molecule has 2 aromatic rings. The predicted octanol–water partition coefficient (Wildman–Crippen LogP) is 3.31. The first-order chi connectivity index (χ1) is 10.3. The Morgan fingerprint density at radius 2 is 1.95 bits per heavy atom. The Balaban J connectivity index is 1.79. The zero-order chi connectivity index (χ0) is 14.9. The van der Waals surface area contributed by atoms with Gasteiger partial charge in [0, 0.05) is 16.2 Å². The van der Waals surface area contributed by atoms with E-state index in [0.717, 1.165) is 22.0 Å². The van der Waals surface area contributed by atoms with Gasteiger partial charge in [0.25, 0.3) is 0 Å². The molecule has 2 aromatic carbocycles. The van der Waals surface area contributed by atoms with Crippen molar-refractivity contribution in [1.82, 2.24) is 0 Å². The molecule has 21 heavy (non-hydrogen) atoms. The molecule has 2 N–H and O–H groups in total. The summed E-state index contributed by atoms with van der Waals surface area (Å²) in [5.74, 6) is 7.15. The van der Waals surface area contributed by atoms with Crippen molar-refractivity contribution in [2.24, 2.45) is 5.73 Å². The Hall–Kier alpha value is -1.96. The Kier molecular flexibility index (Phi) is 6.14. The van der Waals surface area contributed by atoms with E-state index in [-0.39, 0.29) is 5.82 Å². The van der Waals surface area contributed by atoms with Gasteiger partial charge >= 0.3 is 0 Å². The molecule has 2 nitrogen and oxygen atoms in total. The fraction of sp³-hybridized carbons (Fsp3) is 0.176. The Labute approximate surface area is 128 Å². The van der Waals surface area contributed by atoms with Gasteiger partial charge in [-0.3, -0.25) is 0 Å². The van der Waals surface area contributed by atoms with Crippen molar-refractivity contribution < 1.29 is 9.13 Å². The third-order valence-corrected chi connectivity index (χ3v) is 3.58. The third-order valence-electron chi connectivity index (χ3n) is 2.60. The molecule has 0 aliphatic carbocycles. The molecule has 2 rings (SSSR count). The first-order valence-electron chi connectivity index (χ1n) is 6.58. The van der Waals surface area contributed by atoms with Crippen LogP contribution in [0.1, 0.15) is 5.56 Å². The van der Waals surface area contributed by atoms with Crippen molar-refractivity contribution in [2.75, 3.05) is 18.9 Å². The van der Waals surface area contributed by atoms with Crippen LogP contribution in [0, 0.1) is 17.7 Å². The van der Waals surface area contributed by atoms with Crippen LogP contribution in [0.25, 0.3) is 0 Å². The number of hydrogen-bond donors (Lipinski definition) is 1. The molecule has 0 heterocycles. The molecule has 0 saturated carbocycles. The van der Waals surface area contributed by atoms with Crippen LogP contribution in [0.2, 0.25) is 0 Å². The first-order valence-corrected chi connectivity index (χ1v) is 7.56. The lowest BCUT2D eigenvalue weighted by Gasteiger charge is -2.06. The van der Waals surface area contributed by atoms with E-state index in [9.17, 15) is 4.39 Å². The van der Waals surface area contributed by atoms with E-state index in [4.69, 9.17) is 10.5 Å². The van der Waals surface area contributed by atoms with Gasteiger partial charge in [-0.15, -0.1) is 11.8 Å². The Morgan fingerprint density at radius 1 is 1.14 bits per heavy atom. The van der Waals surface area contributed by atoms with E-state index in [2.05, 4.69) is 11.8 Å². The molecule has 0 aliphatic heterocycles. The fourth-order valence-electron chi connectivity index (χ4n) is 1.67. The van der Waals surface area contributed by atoms with Crippen molar-refractivity contribution >= 4 is 11.8 Å². The quantitative estimate of drug-likeness (QED) is 0.523. The molecule has 108 valence electrons. The maximum absolute atomic E-state index is 12.8. The number of nitrogens with two attached hydrogens (primary N) is 1. The molecule has 0 fully saturated rings. The maximum Gasteiger partial charge on any atom is 0.123 e. The molecule has 0 aliphatic rings. The largest absolute Gasteiger partial charge is 0.493 e. The van der Waals surface area contributed by atoms with Gasteiger partial charge in [0.05, 0.1) is 13.2 Å². The summed E-state index contributed by atoms with van der Waals surface area (Å²) < 4.78 is 18.4. The average molecular weight is 301 g/mol. The van der Waals surface area contributed by atoms with Crippen LogP contribution in [0.15, 0.2) is 53.4 Å². The second-order valence-corrected chi connectivity index (χ2v) is 5.35. The molecule has 0 aromatic heterocycles. The summed E-state index contributed by atoms with van der Waals surface area (Å²) in [5.41, 5.74) is 6.24.